The van der Waals surface area contributed by atoms with E-state index in [0.29, 0.717) is 17.7 Å². The van der Waals surface area contributed by atoms with Crippen molar-refractivity contribution in [1.29, 1.82) is 0 Å². The van der Waals surface area contributed by atoms with Crippen molar-refractivity contribution < 1.29 is 19.6 Å². The molecular weight excluding hydrogens is 479 g/mol. The first-order valence-corrected chi connectivity index (χ1v) is 12.6. The second kappa shape index (κ2) is 13.6. The van der Waals surface area contributed by atoms with Crippen LogP contribution in [-0.2, 0) is 0 Å². The number of rotatable bonds is 12. The smallest absolute Gasteiger partial charge is 0.426 e. The first kappa shape index (κ1) is 28.6. The minimum Gasteiger partial charge on any atom is -0.426 e. The average molecular weight is 514 g/mol. The lowest BCUT2D eigenvalue weighted by Crippen LogP contribution is -2.52. The van der Waals surface area contributed by atoms with E-state index >= 15 is 0 Å². The van der Waals surface area contributed by atoms with Gasteiger partial charge < -0.3 is 26.0 Å². The van der Waals surface area contributed by atoms with Crippen LogP contribution in [0.5, 0.6) is 0 Å². The zero-order valence-electron chi connectivity index (χ0n) is 22.0. The number of pyridine rings is 1. The fraction of sp³-hybridized carbons (Fsp3) is 0.276. The second-order valence-corrected chi connectivity index (χ2v) is 9.72. The van der Waals surface area contributed by atoms with Gasteiger partial charge in [0.1, 0.15) is 5.69 Å². The monoisotopic (exact) mass is 514 g/mol. The van der Waals surface area contributed by atoms with E-state index in [-0.39, 0.29) is 24.1 Å². The van der Waals surface area contributed by atoms with Gasteiger partial charge >= 0.3 is 7.12 Å². The van der Waals surface area contributed by atoms with Gasteiger partial charge in [-0.1, -0.05) is 74.5 Å². The summed E-state index contributed by atoms with van der Waals surface area (Å²) in [6.45, 7) is 9.92. The minimum atomic E-state index is -1.63. The maximum Gasteiger partial charge on any atom is 0.475 e. The van der Waals surface area contributed by atoms with Gasteiger partial charge in [0.2, 0.25) is 0 Å². The fourth-order valence-corrected chi connectivity index (χ4v) is 3.93. The summed E-state index contributed by atoms with van der Waals surface area (Å²) < 4.78 is 0. The maximum atomic E-state index is 13.1. The summed E-state index contributed by atoms with van der Waals surface area (Å²) in [4.78, 5) is 30.1. The second-order valence-electron chi connectivity index (χ2n) is 9.72. The standard InChI is InChI=1S/C29H35BN4O4/c1-19(2)16-27(30(37)38)33-21(4)26(18-32-28(35)23-12-10-20(3)11-13-23)34-29(36)25-15-14-24(17-31-25)22-8-6-5-7-9-22/h5-15,17,19,26-27,33,37-38H,4,16,18H2,1-3H3,(H,32,35)(H,34,36)/t26-,27-/m0/s1. The summed E-state index contributed by atoms with van der Waals surface area (Å²) >= 11 is 0. The molecule has 0 saturated carbocycles. The van der Waals surface area contributed by atoms with Gasteiger partial charge in [0.15, 0.2) is 0 Å². The lowest BCUT2D eigenvalue weighted by molar-refractivity contribution is 0.0911. The van der Waals surface area contributed by atoms with Crippen molar-refractivity contribution in [2.75, 3.05) is 6.54 Å². The van der Waals surface area contributed by atoms with Crippen LogP contribution in [0.3, 0.4) is 0 Å². The highest BCUT2D eigenvalue weighted by Gasteiger charge is 2.27. The quantitative estimate of drug-likeness (QED) is 0.237. The van der Waals surface area contributed by atoms with Crippen molar-refractivity contribution >= 4 is 18.9 Å². The third-order valence-corrected chi connectivity index (χ3v) is 6.07. The molecule has 0 radical (unpaired) electrons. The van der Waals surface area contributed by atoms with Crippen LogP contribution in [0.1, 0.15) is 46.7 Å². The first-order chi connectivity index (χ1) is 18.1. The highest BCUT2D eigenvalue weighted by molar-refractivity contribution is 6.43. The molecule has 0 bridgehead atoms. The molecule has 3 aromatic rings. The number of nitrogens with one attached hydrogen (secondary N) is 3. The Balaban J connectivity index is 1.75. The largest absolute Gasteiger partial charge is 0.475 e. The van der Waals surface area contributed by atoms with Gasteiger partial charge in [-0.2, -0.15) is 0 Å². The molecule has 2 atom stereocenters. The van der Waals surface area contributed by atoms with Gasteiger partial charge in [0.05, 0.1) is 12.0 Å². The molecule has 2 amide bonds. The summed E-state index contributed by atoms with van der Waals surface area (Å²) in [5, 5.41) is 28.4. The maximum absolute atomic E-state index is 13.1. The molecule has 9 heteroatoms. The van der Waals surface area contributed by atoms with Crippen LogP contribution in [0.25, 0.3) is 11.1 Å². The highest BCUT2D eigenvalue weighted by Crippen LogP contribution is 2.18. The minimum absolute atomic E-state index is 0.0301. The van der Waals surface area contributed by atoms with Gasteiger partial charge in [-0.3, -0.25) is 14.6 Å². The lowest BCUT2D eigenvalue weighted by atomic mass is 9.75. The van der Waals surface area contributed by atoms with Crippen LogP contribution in [0.2, 0.25) is 0 Å². The molecule has 38 heavy (non-hydrogen) atoms. The molecule has 5 N–H and O–H groups in total. The van der Waals surface area contributed by atoms with Crippen LogP contribution in [-0.4, -0.2) is 52.5 Å². The van der Waals surface area contributed by atoms with E-state index in [0.717, 1.165) is 16.7 Å². The van der Waals surface area contributed by atoms with Crippen molar-refractivity contribution in [3.63, 3.8) is 0 Å². The zero-order chi connectivity index (χ0) is 27.7. The van der Waals surface area contributed by atoms with Crippen LogP contribution in [0, 0.1) is 12.8 Å². The molecule has 2 aromatic carbocycles. The molecule has 0 aliphatic heterocycles. The number of hydrogen-bond donors (Lipinski definition) is 5. The van der Waals surface area contributed by atoms with Crippen molar-refractivity contribution in [3.05, 3.63) is 102 Å². The Morgan fingerprint density at radius 2 is 1.61 bits per heavy atom. The van der Waals surface area contributed by atoms with Crippen LogP contribution in [0.15, 0.2) is 85.2 Å². The van der Waals surface area contributed by atoms with Crippen molar-refractivity contribution in [3.8, 4) is 11.1 Å². The molecule has 1 heterocycles. The van der Waals surface area contributed by atoms with E-state index in [1.54, 1.807) is 24.4 Å². The van der Waals surface area contributed by atoms with Crippen molar-refractivity contribution in [2.45, 2.75) is 39.2 Å². The lowest BCUT2D eigenvalue weighted by Gasteiger charge is -2.27. The van der Waals surface area contributed by atoms with E-state index in [1.165, 1.54) is 0 Å². The Labute approximate surface area is 224 Å². The molecule has 0 aliphatic rings. The van der Waals surface area contributed by atoms with Gasteiger partial charge in [0, 0.05) is 29.6 Å². The summed E-state index contributed by atoms with van der Waals surface area (Å²) in [5.41, 5.74) is 3.92. The summed E-state index contributed by atoms with van der Waals surface area (Å²) in [7, 11) is -1.63. The Kier molecular flexibility index (Phi) is 10.2. The van der Waals surface area contributed by atoms with Gasteiger partial charge in [0.25, 0.3) is 11.8 Å². The predicted molar refractivity (Wildman–Crippen MR) is 150 cm³/mol. The van der Waals surface area contributed by atoms with E-state index in [9.17, 15) is 19.6 Å². The molecule has 0 saturated heterocycles. The van der Waals surface area contributed by atoms with Gasteiger partial charge in [-0.05, 0) is 43.0 Å². The number of carbonyl (C=O) groups excluding carboxylic acids is 2. The molecule has 0 spiro atoms. The molecule has 0 unspecified atom stereocenters. The number of hydrogen-bond acceptors (Lipinski definition) is 6. The number of amides is 2. The van der Waals surface area contributed by atoms with Crippen LogP contribution < -0.4 is 16.0 Å². The number of nitrogens with zero attached hydrogens (tertiary/aromatic N) is 1. The summed E-state index contributed by atoms with van der Waals surface area (Å²) in [6, 6.07) is 19.6. The third-order valence-electron chi connectivity index (χ3n) is 6.07. The third kappa shape index (κ3) is 8.29. The van der Waals surface area contributed by atoms with E-state index in [4.69, 9.17) is 0 Å². The van der Waals surface area contributed by atoms with E-state index in [1.807, 2.05) is 69.3 Å². The number of benzene rings is 2. The summed E-state index contributed by atoms with van der Waals surface area (Å²) in [5.74, 6) is -1.27. The topological polar surface area (TPSA) is 124 Å². The predicted octanol–water partition coefficient (Wildman–Crippen LogP) is 3.12. The molecule has 0 fully saturated rings. The number of aryl methyl sites for hydroxylation is 1. The van der Waals surface area contributed by atoms with Crippen molar-refractivity contribution in [1.82, 2.24) is 20.9 Å². The van der Waals surface area contributed by atoms with Crippen molar-refractivity contribution in [2.24, 2.45) is 5.92 Å². The number of aromatic nitrogens is 1. The van der Waals surface area contributed by atoms with E-state index < -0.39 is 25.0 Å². The van der Waals surface area contributed by atoms with Crippen LogP contribution >= 0.6 is 0 Å². The molecule has 0 aliphatic carbocycles. The highest BCUT2D eigenvalue weighted by atomic mass is 16.4. The molecule has 3 rings (SSSR count). The molecule has 198 valence electrons. The Bertz CT molecular complexity index is 1220. The van der Waals surface area contributed by atoms with Crippen LogP contribution in [0.4, 0.5) is 0 Å². The molecule has 8 nitrogen and oxygen atoms in total. The summed E-state index contributed by atoms with van der Waals surface area (Å²) in [6.07, 6.45) is 2.10. The first-order valence-electron chi connectivity index (χ1n) is 12.6. The van der Waals surface area contributed by atoms with Gasteiger partial charge in [-0.25, -0.2) is 0 Å². The zero-order valence-corrected chi connectivity index (χ0v) is 22.0. The molecule has 1 aromatic heterocycles. The fourth-order valence-electron chi connectivity index (χ4n) is 3.93. The Morgan fingerprint density at radius 3 is 2.18 bits per heavy atom. The number of carbonyl (C=O) groups is 2. The SMILES string of the molecule is C=C(N[C@@H](CC(C)C)B(O)O)[C@H](CNC(=O)c1ccc(C)cc1)NC(=O)c1ccc(-c2ccccc2)cn1. The Hall–Kier alpha value is -3.95. The normalized spacial score (nSPS) is 12.4. The Morgan fingerprint density at radius 1 is 0.921 bits per heavy atom. The average Bonchev–Trinajstić information content (AvgIpc) is 2.91. The molecular formula is C29H35BN4O4. The van der Waals surface area contributed by atoms with E-state index in [2.05, 4.69) is 27.5 Å². The van der Waals surface area contributed by atoms with Gasteiger partial charge in [-0.15, -0.1) is 0 Å².